The zero-order valence-corrected chi connectivity index (χ0v) is 12.7. The predicted octanol–water partition coefficient (Wildman–Crippen LogP) is 4.91. The summed E-state index contributed by atoms with van der Waals surface area (Å²) in [6, 6.07) is 1.88. The summed E-state index contributed by atoms with van der Waals surface area (Å²) in [6.07, 6.45) is 3.71. The van der Waals surface area contributed by atoms with Crippen molar-refractivity contribution in [2.24, 2.45) is 5.92 Å². The molecule has 0 saturated heterocycles. The van der Waals surface area contributed by atoms with Crippen LogP contribution in [0.4, 0.5) is 8.78 Å². The molecule has 1 heterocycles. The van der Waals surface area contributed by atoms with Crippen molar-refractivity contribution >= 4 is 15.9 Å². The Morgan fingerprint density at radius 1 is 1.47 bits per heavy atom. The predicted molar refractivity (Wildman–Crippen MR) is 74.3 cm³/mol. The molecule has 2 nitrogen and oxygen atoms in total. The van der Waals surface area contributed by atoms with Gasteiger partial charge in [-0.2, -0.15) is 0 Å². The Kier molecular flexibility index (Phi) is 5.01. The van der Waals surface area contributed by atoms with Crippen LogP contribution in [-0.2, 0) is 0 Å². The van der Waals surface area contributed by atoms with E-state index in [0.717, 1.165) is 23.2 Å². The van der Waals surface area contributed by atoms with Gasteiger partial charge in [0.2, 0.25) is 5.92 Å². The summed E-state index contributed by atoms with van der Waals surface area (Å²) in [4.78, 5) is 0. The molecular formula is C14H20BrF2NO. The Hall–Kier alpha value is -0.420. The van der Waals surface area contributed by atoms with Crippen molar-refractivity contribution < 1.29 is 13.2 Å². The number of hydrogen-bond acceptors (Lipinski definition) is 2. The Balaban J connectivity index is 2.08. The molecule has 1 aromatic heterocycles. The van der Waals surface area contributed by atoms with E-state index >= 15 is 0 Å². The number of hydrogen-bond donors (Lipinski definition) is 1. The van der Waals surface area contributed by atoms with Gasteiger partial charge in [-0.15, -0.1) is 0 Å². The molecule has 1 aliphatic rings. The molecule has 0 radical (unpaired) electrons. The molecule has 1 N–H and O–H groups in total. The van der Waals surface area contributed by atoms with Crippen LogP contribution in [0.2, 0.25) is 0 Å². The van der Waals surface area contributed by atoms with Crippen molar-refractivity contribution in [1.29, 1.82) is 0 Å². The SMILES string of the molecule is CCCNC(c1occc1Br)C1CCC(F)(F)CC1. The van der Waals surface area contributed by atoms with Gasteiger partial charge in [-0.05, 0) is 53.7 Å². The van der Waals surface area contributed by atoms with E-state index in [2.05, 4.69) is 28.2 Å². The van der Waals surface area contributed by atoms with E-state index in [1.54, 1.807) is 6.26 Å². The van der Waals surface area contributed by atoms with Crippen LogP contribution in [0, 0.1) is 5.92 Å². The molecule has 1 fully saturated rings. The quantitative estimate of drug-likeness (QED) is 0.827. The monoisotopic (exact) mass is 335 g/mol. The van der Waals surface area contributed by atoms with E-state index in [1.165, 1.54) is 0 Å². The maximum Gasteiger partial charge on any atom is 0.248 e. The van der Waals surface area contributed by atoms with Crippen LogP contribution in [0.15, 0.2) is 21.2 Å². The first-order chi connectivity index (χ1) is 9.03. The second kappa shape index (κ2) is 6.35. The van der Waals surface area contributed by atoms with E-state index in [4.69, 9.17) is 4.42 Å². The third kappa shape index (κ3) is 3.78. The molecule has 1 aromatic rings. The lowest BCUT2D eigenvalue weighted by atomic mass is 9.81. The van der Waals surface area contributed by atoms with Gasteiger partial charge in [0.1, 0.15) is 5.76 Å². The van der Waals surface area contributed by atoms with Crippen molar-refractivity contribution in [3.63, 3.8) is 0 Å². The first-order valence-electron chi connectivity index (χ1n) is 6.87. The van der Waals surface area contributed by atoms with Gasteiger partial charge in [-0.1, -0.05) is 6.92 Å². The summed E-state index contributed by atoms with van der Waals surface area (Å²) in [7, 11) is 0. The Labute approximate surface area is 121 Å². The molecule has 2 rings (SSSR count). The Morgan fingerprint density at radius 3 is 2.68 bits per heavy atom. The molecule has 1 aliphatic carbocycles. The van der Waals surface area contributed by atoms with Crippen LogP contribution < -0.4 is 5.32 Å². The fourth-order valence-electron chi connectivity index (χ4n) is 2.70. The highest BCUT2D eigenvalue weighted by Crippen LogP contribution is 2.42. The fourth-order valence-corrected chi connectivity index (χ4v) is 3.14. The highest BCUT2D eigenvalue weighted by Gasteiger charge is 2.39. The summed E-state index contributed by atoms with van der Waals surface area (Å²) in [5.41, 5.74) is 0. The second-order valence-corrected chi connectivity index (χ2v) is 6.11. The van der Waals surface area contributed by atoms with Gasteiger partial charge < -0.3 is 9.73 Å². The minimum atomic E-state index is -2.48. The maximum atomic E-state index is 13.3. The lowest BCUT2D eigenvalue weighted by Gasteiger charge is -2.33. The summed E-state index contributed by atoms with van der Waals surface area (Å²) < 4.78 is 33.0. The summed E-state index contributed by atoms with van der Waals surface area (Å²) in [6.45, 7) is 2.96. The standard InChI is InChI=1S/C14H20BrF2NO/c1-2-8-18-12(13-11(15)5-9-19-13)10-3-6-14(16,17)7-4-10/h5,9-10,12,18H,2-4,6-8H2,1H3. The second-order valence-electron chi connectivity index (χ2n) is 5.26. The molecule has 1 saturated carbocycles. The number of halogens is 3. The molecule has 5 heteroatoms. The van der Waals surface area contributed by atoms with Gasteiger partial charge in [-0.3, -0.25) is 0 Å². The van der Waals surface area contributed by atoms with Crippen LogP contribution in [0.25, 0.3) is 0 Å². The van der Waals surface area contributed by atoms with E-state index in [0.29, 0.717) is 12.8 Å². The molecule has 0 aromatic carbocycles. The Bertz CT molecular complexity index is 398. The first-order valence-corrected chi connectivity index (χ1v) is 7.67. The Morgan fingerprint density at radius 2 is 2.16 bits per heavy atom. The third-order valence-corrected chi connectivity index (χ3v) is 4.43. The molecule has 19 heavy (non-hydrogen) atoms. The molecule has 0 spiro atoms. The van der Waals surface area contributed by atoms with E-state index in [9.17, 15) is 8.78 Å². The lowest BCUT2D eigenvalue weighted by Crippen LogP contribution is -2.34. The topological polar surface area (TPSA) is 25.2 Å². The summed E-state index contributed by atoms with van der Waals surface area (Å²) in [5, 5.41) is 3.44. The first kappa shape index (κ1) is 15.0. The van der Waals surface area contributed by atoms with Crippen molar-refractivity contribution in [3.05, 3.63) is 22.6 Å². The van der Waals surface area contributed by atoms with Crippen LogP contribution in [0.3, 0.4) is 0 Å². The highest BCUT2D eigenvalue weighted by molar-refractivity contribution is 9.10. The fraction of sp³-hybridized carbons (Fsp3) is 0.714. The normalized spacial score (nSPS) is 21.5. The van der Waals surface area contributed by atoms with Gasteiger partial charge in [0.05, 0.1) is 16.8 Å². The summed E-state index contributed by atoms with van der Waals surface area (Å²) in [5.74, 6) is -1.43. The van der Waals surface area contributed by atoms with E-state index in [-0.39, 0.29) is 24.8 Å². The molecule has 1 atom stereocenters. The minimum Gasteiger partial charge on any atom is -0.466 e. The largest absolute Gasteiger partial charge is 0.466 e. The molecule has 108 valence electrons. The van der Waals surface area contributed by atoms with Gasteiger partial charge in [0.25, 0.3) is 0 Å². The molecule has 0 bridgehead atoms. The van der Waals surface area contributed by atoms with Gasteiger partial charge in [0, 0.05) is 12.8 Å². The minimum absolute atomic E-state index is 0.0136. The number of furan rings is 1. The zero-order chi connectivity index (χ0) is 13.9. The van der Waals surface area contributed by atoms with Crippen LogP contribution in [0.1, 0.15) is 50.8 Å². The number of nitrogens with one attached hydrogen (secondary N) is 1. The smallest absolute Gasteiger partial charge is 0.248 e. The summed E-state index contributed by atoms with van der Waals surface area (Å²) >= 11 is 3.47. The van der Waals surface area contributed by atoms with E-state index < -0.39 is 5.92 Å². The molecule has 0 amide bonds. The zero-order valence-electron chi connectivity index (χ0n) is 11.1. The van der Waals surface area contributed by atoms with E-state index in [1.807, 2.05) is 6.07 Å². The molecular weight excluding hydrogens is 316 g/mol. The van der Waals surface area contributed by atoms with Crippen LogP contribution in [-0.4, -0.2) is 12.5 Å². The van der Waals surface area contributed by atoms with Gasteiger partial charge >= 0.3 is 0 Å². The molecule has 1 unspecified atom stereocenters. The average Bonchev–Trinajstić information content (AvgIpc) is 2.78. The van der Waals surface area contributed by atoms with Crippen LogP contribution in [0.5, 0.6) is 0 Å². The number of alkyl halides is 2. The third-order valence-electron chi connectivity index (χ3n) is 3.77. The van der Waals surface area contributed by atoms with Crippen molar-refractivity contribution in [1.82, 2.24) is 5.32 Å². The maximum absolute atomic E-state index is 13.3. The van der Waals surface area contributed by atoms with Gasteiger partial charge in [-0.25, -0.2) is 8.78 Å². The molecule has 0 aliphatic heterocycles. The van der Waals surface area contributed by atoms with Crippen LogP contribution >= 0.6 is 15.9 Å². The number of rotatable bonds is 5. The van der Waals surface area contributed by atoms with Crippen molar-refractivity contribution in [3.8, 4) is 0 Å². The van der Waals surface area contributed by atoms with Crippen molar-refractivity contribution in [2.45, 2.75) is 51.0 Å². The van der Waals surface area contributed by atoms with Crippen molar-refractivity contribution in [2.75, 3.05) is 6.54 Å². The van der Waals surface area contributed by atoms with Gasteiger partial charge in [0.15, 0.2) is 0 Å². The lowest BCUT2D eigenvalue weighted by molar-refractivity contribution is -0.0505. The average molecular weight is 336 g/mol. The highest BCUT2D eigenvalue weighted by atomic mass is 79.9.